The molecule has 0 atom stereocenters. The van der Waals surface area contributed by atoms with Gasteiger partial charge in [0, 0.05) is 6.42 Å². The van der Waals surface area contributed by atoms with Gasteiger partial charge in [-0.1, -0.05) is 12.1 Å². The van der Waals surface area contributed by atoms with Gasteiger partial charge in [0.2, 0.25) is 0 Å². The summed E-state index contributed by atoms with van der Waals surface area (Å²) in [5.74, 6) is 0.821. The summed E-state index contributed by atoms with van der Waals surface area (Å²) < 4.78 is 49.0. The molecule has 0 fully saturated rings. The molecule has 23 heavy (non-hydrogen) atoms. The van der Waals surface area contributed by atoms with Crippen LogP contribution in [0, 0.1) is 11.3 Å². The maximum Gasteiger partial charge on any atom is 0.417 e. The van der Waals surface area contributed by atoms with Gasteiger partial charge in [-0.3, -0.25) is 0 Å². The number of benzene rings is 2. The average molecular weight is 321 g/mol. The lowest BCUT2D eigenvalue weighted by Gasteiger charge is -2.12. The fourth-order valence-electron chi connectivity index (χ4n) is 2.02. The van der Waals surface area contributed by atoms with E-state index in [1.165, 1.54) is 12.1 Å². The second-order valence-electron chi connectivity index (χ2n) is 4.76. The van der Waals surface area contributed by atoms with Gasteiger partial charge in [-0.25, -0.2) is 0 Å². The predicted octanol–water partition coefficient (Wildman–Crippen LogP) is 4.21. The molecule has 0 spiro atoms. The van der Waals surface area contributed by atoms with Crippen molar-refractivity contribution in [2.24, 2.45) is 0 Å². The standard InChI is InChI=1S/C17H14F3NO2/c1-22-14-5-2-12(3-6-14)8-9-23-15-7-4-13(11-21)16(10-15)17(18,19)20/h2-7,10H,8-9H2,1H3. The minimum Gasteiger partial charge on any atom is -0.497 e. The maximum atomic E-state index is 12.9. The molecule has 0 aliphatic heterocycles. The van der Waals surface area contributed by atoms with E-state index < -0.39 is 17.3 Å². The van der Waals surface area contributed by atoms with Crippen LogP contribution in [0.15, 0.2) is 42.5 Å². The first-order valence-electron chi connectivity index (χ1n) is 6.81. The molecule has 0 unspecified atom stereocenters. The van der Waals surface area contributed by atoms with Gasteiger partial charge in [0.25, 0.3) is 0 Å². The van der Waals surface area contributed by atoms with E-state index in [9.17, 15) is 13.2 Å². The van der Waals surface area contributed by atoms with E-state index in [-0.39, 0.29) is 12.4 Å². The topological polar surface area (TPSA) is 42.2 Å². The zero-order valence-corrected chi connectivity index (χ0v) is 12.4. The fraction of sp³-hybridized carbons (Fsp3) is 0.235. The van der Waals surface area contributed by atoms with Crippen LogP contribution in [0.5, 0.6) is 11.5 Å². The molecule has 0 saturated carbocycles. The highest BCUT2D eigenvalue weighted by Crippen LogP contribution is 2.34. The minimum absolute atomic E-state index is 0.0878. The number of rotatable bonds is 5. The first-order valence-corrected chi connectivity index (χ1v) is 6.81. The van der Waals surface area contributed by atoms with Crippen LogP contribution in [0.4, 0.5) is 13.2 Å². The lowest BCUT2D eigenvalue weighted by molar-refractivity contribution is -0.137. The molecule has 0 saturated heterocycles. The van der Waals surface area contributed by atoms with Crippen molar-refractivity contribution in [2.75, 3.05) is 13.7 Å². The largest absolute Gasteiger partial charge is 0.497 e. The van der Waals surface area contributed by atoms with Crippen molar-refractivity contribution in [3.05, 3.63) is 59.2 Å². The van der Waals surface area contributed by atoms with E-state index in [0.717, 1.165) is 23.4 Å². The van der Waals surface area contributed by atoms with E-state index in [4.69, 9.17) is 14.7 Å². The number of hydrogen-bond acceptors (Lipinski definition) is 3. The van der Waals surface area contributed by atoms with Gasteiger partial charge in [-0.05, 0) is 35.9 Å². The summed E-state index contributed by atoms with van der Waals surface area (Å²) in [5.41, 5.74) is -0.419. The Hall–Kier alpha value is -2.68. The molecule has 0 aromatic heterocycles. The molecule has 2 aromatic rings. The number of nitrogens with zero attached hydrogens (tertiary/aromatic N) is 1. The molecular weight excluding hydrogens is 307 g/mol. The minimum atomic E-state index is -4.58. The third-order valence-corrected chi connectivity index (χ3v) is 3.24. The number of methoxy groups -OCH3 is 1. The van der Waals surface area contributed by atoms with Crippen LogP contribution in [0.3, 0.4) is 0 Å². The summed E-state index contributed by atoms with van der Waals surface area (Å²) in [5, 5.41) is 8.74. The molecule has 2 aromatic carbocycles. The van der Waals surface area contributed by atoms with E-state index in [0.29, 0.717) is 6.42 Å². The summed E-state index contributed by atoms with van der Waals surface area (Å²) >= 11 is 0. The van der Waals surface area contributed by atoms with Crippen LogP contribution in [-0.2, 0) is 12.6 Å². The van der Waals surface area contributed by atoms with Crippen LogP contribution in [0.1, 0.15) is 16.7 Å². The quantitative estimate of drug-likeness (QED) is 0.828. The monoisotopic (exact) mass is 321 g/mol. The van der Waals surface area contributed by atoms with Gasteiger partial charge in [0.1, 0.15) is 11.5 Å². The number of ether oxygens (including phenoxy) is 2. The van der Waals surface area contributed by atoms with Crippen molar-refractivity contribution in [1.29, 1.82) is 5.26 Å². The highest BCUT2D eigenvalue weighted by Gasteiger charge is 2.34. The smallest absolute Gasteiger partial charge is 0.417 e. The van der Waals surface area contributed by atoms with Crippen LogP contribution in [0.25, 0.3) is 0 Å². The van der Waals surface area contributed by atoms with Gasteiger partial charge in [0.15, 0.2) is 0 Å². The molecule has 2 rings (SSSR count). The Bertz CT molecular complexity index is 703. The van der Waals surface area contributed by atoms with Gasteiger partial charge >= 0.3 is 6.18 Å². The van der Waals surface area contributed by atoms with Crippen molar-refractivity contribution in [2.45, 2.75) is 12.6 Å². The Morgan fingerprint density at radius 1 is 1.04 bits per heavy atom. The molecule has 0 bridgehead atoms. The third kappa shape index (κ3) is 4.39. The molecule has 0 N–H and O–H groups in total. The third-order valence-electron chi connectivity index (χ3n) is 3.24. The van der Waals surface area contributed by atoms with Crippen LogP contribution in [-0.4, -0.2) is 13.7 Å². The molecule has 120 valence electrons. The Morgan fingerprint density at radius 2 is 1.70 bits per heavy atom. The van der Waals surface area contributed by atoms with Gasteiger partial charge < -0.3 is 9.47 Å². The van der Waals surface area contributed by atoms with E-state index in [1.54, 1.807) is 19.2 Å². The lowest BCUT2D eigenvalue weighted by Crippen LogP contribution is -2.09. The summed E-state index contributed by atoms with van der Waals surface area (Å²) in [4.78, 5) is 0. The van der Waals surface area contributed by atoms with Gasteiger partial charge in [-0.2, -0.15) is 18.4 Å². The Kier molecular flexibility index (Phi) is 5.12. The van der Waals surface area contributed by atoms with Crippen molar-refractivity contribution < 1.29 is 22.6 Å². The normalized spacial score (nSPS) is 10.9. The fourth-order valence-corrected chi connectivity index (χ4v) is 2.02. The van der Waals surface area contributed by atoms with Crippen molar-refractivity contribution in [3.8, 4) is 17.6 Å². The highest BCUT2D eigenvalue weighted by atomic mass is 19.4. The second-order valence-corrected chi connectivity index (χ2v) is 4.76. The lowest BCUT2D eigenvalue weighted by atomic mass is 10.1. The Balaban J connectivity index is 2.02. The molecule has 0 aliphatic rings. The SMILES string of the molecule is COc1ccc(CCOc2ccc(C#N)c(C(F)(F)F)c2)cc1. The molecule has 0 amide bonds. The Morgan fingerprint density at radius 3 is 2.26 bits per heavy atom. The van der Waals surface area contributed by atoms with Crippen molar-refractivity contribution >= 4 is 0 Å². The van der Waals surface area contributed by atoms with E-state index in [1.807, 2.05) is 12.1 Å². The summed E-state index contributed by atoms with van der Waals surface area (Å²) in [7, 11) is 1.57. The molecule has 6 heteroatoms. The summed E-state index contributed by atoms with van der Waals surface area (Å²) in [6.45, 7) is 0.232. The van der Waals surface area contributed by atoms with Gasteiger partial charge in [-0.15, -0.1) is 0 Å². The number of halogens is 3. The first kappa shape index (κ1) is 16.7. The second kappa shape index (κ2) is 7.05. The predicted molar refractivity (Wildman–Crippen MR) is 78.4 cm³/mol. The highest BCUT2D eigenvalue weighted by molar-refractivity contribution is 5.44. The summed E-state index contributed by atoms with van der Waals surface area (Å²) in [6, 6.07) is 12.2. The molecule has 0 radical (unpaired) electrons. The van der Waals surface area contributed by atoms with E-state index >= 15 is 0 Å². The Labute approximate surface area is 131 Å². The van der Waals surface area contributed by atoms with Crippen LogP contribution >= 0.6 is 0 Å². The summed E-state index contributed by atoms with van der Waals surface area (Å²) in [6.07, 6.45) is -4.04. The number of alkyl halides is 3. The van der Waals surface area contributed by atoms with Crippen LogP contribution < -0.4 is 9.47 Å². The molecule has 0 aliphatic carbocycles. The first-order chi connectivity index (χ1) is 10.9. The van der Waals surface area contributed by atoms with Crippen molar-refractivity contribution in [3.63, 3.8) is 0 Å². The zero-order valence-electron chi connectivity index (χ0n) is 12.4. The van der Waals surface area contributed by atoms with Gasteiger partial charge in [0.05, 0.1) is 30.9 Å². The molecular formula is C17H14F3NO2. The number of nitriles is 1. The maximum absolute atomic E-state index is 12.9. The van der Waals surface area contributed by atoms with Crippen molar-refractivity contribution in [1.82, 2.24) is 0 Å². The average Bonchev–Trinajstić information content (AvgIpc) is 2.54. The number of hydrogen-bond donors (Lipinski definition) is 0. The van der Waals surface area contributed by atoms with E-state index in [2.05, 4.69) is 0 Å². The molecule has 0 heterocycles. The molecule has 3 nitrogen and oxygen atoms in total. The zero-order chi connectivity index (χ0) is 16.9. The van der Waals surface area contributed by atoms with Crippen LogP contribution in [0.2, 0.25) is 0 Å².